The molecule has 0 atom stereocenters. The van der Waals surface area contributed by atoms with Gasteiger partial charge in [-0.2, -0.15) is 0 Å². The summed E-state index contributed by atoms with van der Waals surface area (Å²) in [6, 6.07) is 9.76. The van der Waals surface area contributed by atoms with Gasteiger partial charge in [0.05, 0.1) is 34.0 Å². The van der Waals surface area contributed by atoms with Crippen LogP contribution in [0.3, 0.4) is 0 Å². The Morgan fingerprint density at radius 1 is 1.12 bits per heavy atom. The second kappa shape index (κ2) is 11.2. The Hall–Kier alpha value is -3.10. The summed E-state index contributed by atoms with van der Waals surface area (Å²) in [6.45, 7) is 7.57. The molecular formula is C24H29ClN4O4. The lowest BCUT2D eigenvalue weighted by Crippen LogP contribution is -2.35. The molecule has 2 aromatic carbocycles. The maximum absolute atomic E-state index is 12.7. The van der Waals surface area contributed by atoms with Crippen LogP contribution in [0.2, 0.25) is 5.02 Å². The Morgan fingerprint density at radius 3 is 2.36 bits per heavy atom. The number of amides is 3. The first-order valence-corrected chi connectivity index (χ1v) is 11.4. The summed E-state index contributed by atoms with van der Waals surface area (Å²) in [4.78, 5) is 41.1. The standard InChI is InChI=1S/C24H29ClN4O4/c1-3-28(4-2)12-10-27-22(30)18-14-19(25)20(26)15-21(18)33-13-7-11-29-23(31)16-8-5-6-9-17(16)24(29)32/h5-6,8-9,14-15H,3-4,7,10-13,26H2,1-2H3,(H,27,30). The Balaban J connectivity index is 1.58. The topological polar surface area (TPSA) is 105 Å². The van der Waals surface area contributed by atoms with E-state index in [0.29, 0.717) is 35.5 Å². The van der Waals surface area contributed by atoms with Gasteiger partial charge in [-0.05, 0) is 37.7 Å². The number of fused-ring (bicyclic) bond motifs is 1. The molecule has 3 rings (SSSR count). The quantitative estimate of drug-likeness (QED) is 0.296. The van der Waals surface area contributed by atoms with Crippen LogP contribution in [0.4, 0.5) is 5.69 Å². The molecule has 0 unspecified atom stereocenters. The molecule has 0 fully saturated rings. The lowest BCUT2D eigenvalue weighted by atomic mass is 10.1. The number of nitrogen functional groups attached to an aromatic ring is 1. The van der Waals surface area contributed by atoms with Gasteiger partial charge in [-0.15, -0.1) is 0 Å². The minimum Gasteiger partial charge on any atom is -0.493 e. The Bertz CT molecular complexity index is 1000. The third-order valence-electron chi connectivity index (χ3n) is 5.61. The van der Waals surface area contributed by atoms with E-state index in [4.69, 9.17) is 22.1 Å². The van der Waals surface area contributed by atoms with Gasteiger partial charge < -0.3 is 20.7 Å². The van der Waals surface area contributed by atoms with Gasteiger partial charge in [0.15, 0.2) is 0 Å². The molecule has 3 amide bonds. The van der Waals surface area contributed by atoms with Crippen LogP contribution < -0.4 is 15.8 Å². The van der Waals surface area contributed by atoms with E-state index in [-0.39, 0.29) is 41.5 Å². The summed E-state index contributed by atoms with van der Waals surface area (Å²) in [7, 11) is 0. The lowest BCUT2D eigenvalue weighted by molar-refractivity contribution is 0.0646. The van der Waals surface area contributed by atoms with Crippen LogP contribution in [-0.4, -0.2) is 66.9 Å². The molecule has 0 aliphatic carbocycles. The third kappa shape index (κ3) is 5.64. The summed E-state index contributed by atoms with van der Waals surface area (Å²) in [6.07, 6.45) is 0.400. The molecule has 0 saturated carbocycles. The number of benzene rings is 2. The number of carbonyl (C=O) groups excluding carboxylic acids is 3. The summed E-state index contributed by atoms with van der Waals surface area (Å²) >= 11 is 6.13. The zero-order chi connectivity index (χ0) is 24.0. The summed E-state index contributed by atoms with van der Waals surface area (Å²) in [5.74, 6) is -0.613. The molecule has 0 saturated heterocycles. The molecule has 176 valence electrons. The highest BCUT2D eigenvalue weighted by Gasteiger charge is 2.34. The van der Waals surface area contributed by atoms with E-state index in [1.165, 1.54) is 17.0 Å². The average Bonchev–Trinajstić information content (AvgIpc) is 3.06. The van der Waals surface area contributed by atoms with Crippen molar-refractivity contribution in [3.05, 3.63) is 58.1 Å². The molecule has 0 spiro atoms. The Morgan fingerprint density at radius 2 is 1.76 bits per heavy atom. The molecule has 8 nitrogen and oxygen atoms in total. The lowest BCUT2D eigenvalue weighted by Gasteiger charge is -2.19. The first-order chi connectivity index (χ1) is 15.9. The predicted molar refractivity (Wildman–Crippen MR) is 128 cm³/mol. The number of ether oxygens (including phenoxy) is 1. The van der Waals surface area contributed by atoms with E-state index in [9.17, 15) is 14.4 Å². The number of carbonyl (C=O) groups is 3. The van der Waals surface area contributed by atoms with E-state index >= 15 is 0 Å². The zero-order valence-corrected chi connectivity index (χ0v) is 19.7. The highest BCUT2D eigenvalue weighted by molar-refractivity contribution is 6.33. The van der Waals surface area contributed by atoms with Crippen molar-refractivity contribution in [1.29, 1.82) is 0 Å². The molecule has 1 heterocycles. The second-order valence-electron chi connectivity index (χ2n) is 7.66. The maximum Gasteiger partial charge on any atom is 0.261 e. The minimum atomic E-state index is -0.306. The van der Waals surface area contributed by atoms with Gasteiger partial charge in [0, 0.05) is 25.7 Å². The van der Waals surface area contributed by atoms with Gasteiger partial charge >= 0.3 is 0 Å². The molecule has 0 bridgehead atoms. The average molecular weight is 473 g/mol. The molecule has 0 aromatic heterocycles. The van der Waals surface area contributed by atoms with Gasteiger partial charge in [-0.25, -0.2) is 0 Å². The van der Waals surface area contributed by atoms with Crippen LogP contribution in [0.15, 0.2) is 36.4 Å². The number of hydrogen-bond donors (Lipinski definition) is 2. The monoisotopic (exact) mass is 472 g/mol. The molecule has 33 heavy (non-hydrogen) atoms. The number of halogens is 1. The normalized spacial score (nSPS) is 12.9. The van der Waals surface area contributed by atoms with Crippen molar-refractivity contribution in [1.82, 2.24) is 15.1 Å². The Kier molecular flexibility index (Phi) is 8.30. The van der Waals surface area contributed by atoms with Crippen LogP contribution in [0.5, 0.6) is 5.75 Å². The van der Waals surface area contributed by atoms with E-state index < -0.39 is 0 Å². The number of nitrogens with zero attached hydrogens (tertiary/aromatic N) is 2. The number of imide groups is 1. The highest BCUT2D eigenvalue weighted by atomic mass is 35.5. The van der Waals surface area contributed by atoms with Crippen LogP contribution in [0.25, 0.3) is 0 Å². The van der Waals surface area contributed by atoms with Crippen molar-refractivity contribution in [2.75, 3.05) is 45.1 Å². The van der Waals surface area contributed by atoms with Crippen molar-refractivity contribution in [3.8, 4) is 5.75 Å². The molecule has 1 aliphatic heterocycles. The van der Waals surface area contributed by atoms with Crippen molar-refractivity contribution in [2.45, 2.75) is 20.3 Å². The van der Waals surface area contributed by atoms with Crippen LogP contribution >= 0.6 is 11.6 Å². The van der Waals surface area contributed by atoms with Crippen LogP contribution in [0.1, 0.15) is 51.3 Å². The molecule has 0 radical (unpaired) electrons. The van der Waals surface area contributed by atoms with Gasteiger partial charge in [0.2, 0.25) is 0 Å². The van der Waals surface area contributed by atoms with E-state index in [1.807, 2.05) is 0 Å². The highest BCUT2D eigenvalue weighted by Crippen LogP contribution is 2.29. The van der Waals surface area contributed by atoms with Crippen LogP contribution in [-0.2, 0) is 0 Å². The number of rotatable bonds is 11. The molecule has 3 N–H and O–H groups in total. The SMILES string of the molecule is CCN(CC)CCNC(=O)c1cc(Cl)c(N)cc1OCCCN1C(=O)c2ccccc2C1=O. The molecule has 2 aromatic rings. The molecule has 1 aliphatic rings. The van der Waals surface area contributed by atoms with Crippen molar-refractivity contribution in [2.24, 2.45) is 0 Å². The summed E-state index contributed by atoms with van der Waals surface area (Å²) in [5.41, 5.74) is 7.32. The van der Waals surface area contributed by atoms with Crippen LogP contribution in [0, 0.1) is 0 Å². The molecular weight excluding hydrogens is 444 g/mol. The fourth-order valence-electron chi connectivity index (χ4n) is 3.68. The number of likely N-dealkylation sites (N-methyl/N-ethyl adjacent to an activating group) is 1. The Labute approximate surface area is 198 Å². The predicted octanol–water partition coefficient (Wildman–Crippen LogP) is 3.06. The van der Waals surface area contributed by atoms with Crippen molar-refractivity contribution >= 4 is 35.0 Å². The minimum absolute atomic E-state index is 0.189. The third-order valence-corrected chi connectivity index (χ3v) is 5.94. The van der Waals surface area contributed by atoms with E-state index in [2.05, 4.69) is 24.1 Å². The maximum atomic E-state index is 12.7. The molecule has 9 heteroatoms. The largest absolute Gasteiger partial charge is 0.493 e. The number of hydrogen-bond acceptors (Lipinski definition) is 6. The second-order valence-corrected chi connectivity index (χ2v) is 8.07. The first kappa shape index (κ1) is 24.5. The fraction of sp³-hybridized carbons (Fsp3) is 0.375. The van der Waals surface area contributed by atoms with Gasteiger partial charge in [0.1, 0.15) is 5.75 Å². The van der Waals surface area contributed by atoms with Gasteiger partial charge in [0.25, 0.3) is 17.7 Å². The van der Waals surface area contributed by atoms with Crippen molar-refractivity contribution < 1.29 is 19.1 Å². The number of nitrogens with two attached hydrogens (primary N) is 1. The van der Waals surface area contributed by atoms with Gasteiger partial charge in [-0.3, -0.25) is 19.3 Å². The number of nitrogens with one attached hydrogen (secondary N) is 1. The summed E-state index contributed by atoms with van der Waals surface area (Å²) < 4.78 is 5.81. The summed E-state index contributed by atoms with van der Waals surface area (Å²) in [5, 5.41) is 3.15. The fourth-order valence-corrected chi connectivity index (χ4v) is 3.84. The van der Waals surface area contributed by atoms with E-state index in [0.717, 1.165) is 19.6 Å². The van der Waals surface area contributed by atoms with E-state index in [1.54, 1.807) is 24.3 Å². The smallest absolute Gasteiger partial charge is 0.261 e. The van der Waals surface area contributed by atoms with Gasteiger partial charge in [-0.1, -0.05) is 37.6 Å². The zero-order valence-electron chi connectivity index (χ0n) is 18.9. The number of anilines is 1. The van der Waals surface area contributed by atoms with Crippen molar-refractivity contribution in [3.63, 3.8) is 0 Å². The first-order valence-electron chi connectivity index (χ1n) is 11.0.